The molecule has 2 aromatic carbocycles. The Balaban J connectivity index is 1.32. The third-order valence-electron chi connectivity index (χ3n) is 5.32. The van der Waals surface area contributed by atoms with Gasteiger partial charge >= 0.3 is 6.03 Å². The standard InChI is InChI=1S/C23H25N5O2/c1-17(22(29)26-20-10-6-8-18-7-2-3-9-19(18)20)25-23(30)28-15-13-27(14-16-28)21-11-4-5-12-24-21/h2-12,17H,13-16H2,1H3,(H,25,30)(H,26,29). The summed E-state index contributed by atoms with van der Waals surface area (Å²) in [6.45, 7) is 4.28. The molecule has 1 aliphatic heterocycles. The Kier molecular flexibility index (Phi) is 5.79. The number of hydrogen-bond acceptors (Lipinski definition) is 4. The molecule has 7 nitrogen and oxygen atoms in total. The van der Waals surface area contributed by atoms with Gasteiger partial charge in [0.25, 0.3) is 0 Å². The first kappa shape index (κ1) is 19.7. The van der Waals surface area contributed by atoms with Gasteiger partial charge in [0, 0.05) is 43.4 Å². The Labute approximate surface area is 175 Å². The van der Waals surface area contributed by atoms with Gasteiger partial charge in [-0.05, 0) is 30.5 Å². The number of nitrogens with one attached hydrogen (secondary N) is 2. The first-order valence-electron chi connectivity index (χ1n) is 10.1. The van der Waals surface area contributed by atoms with E-state index < -0.39 is 6.04 Å². The van der Waals surface area contributed by atoms with Gasteiger partial charge in [-0.25, -0.2) is 9.78 Å². The van der Waals surface area contributed by atoms with Gasteiger partial charge < -0.3 is 20.4 Å². The number of rotatable bonds is 4. The van der Waals surface area contributed by atoms with Crippen LogP contribution in [-0.4, -0.2) is 54.0 Å². The number of benzene rings is 2. The average Bonchev–Trinajstić information content (AvgIpc) is 2.80. The fraction of sp³-hybridized carbons (Fsp3) is 0.261. The van der Waals surface area contributed by atoms with Crippen molar-refractivity contribution in [3.8, 4) is 0 Å². The maximum absolute atomic E-state index is 12.7. The molecule has 7 heteroatoms. The van der Waals surface area contributed by atoms with Crippen molar-refractivity contribution in [3.05, 3.63) is 66.9 Å². The molecule has 0 saturated carbocycles. The molecule has 30 heavy (non-hydrogen) atoms. The van der Waals surface area contributed by atoms with E-state index in [9.17, 15) is 9.59 Å². The van der Waals surface area contributed by atoms with E-state index in [4.69, 9.17) is 0 Å². The number of urea groups is 1. The van der Waals surface area contributed by atoms with Crippen molar-refractivity contribution in [1.29, 1.82) is 0 Å². The lowest BCUT2D eigenvalue weighted by Crippen LogP contribution is -2.54. The number of carbonyl (C=O) groups is 2. The molecule has 1 aromatic heterocycles. The summed E-state index contributed by atoms with van der Waals surface area (Å²) in [5.41, 5.74) is 0.739. The minimum absolute atomic E-state index is 0.226. The third kappa shape index (κ3) is 4.35. The second kappa shape index (κ2) is 8.82. The Morgan fingerprint density at radius 3 is 2.43 bits per heavy atom. The normalized spacial score (nSPS) is 15.0. The first-order chi connectivity index (χ1) is 14.6. The van der Waals surface area contributed by atoms with Crippen molar-refractivity contribution in [2.24, 2.45) is 0 Å². The van der Waals surface area contributed by atoms with Crippen molar-refractivity contribution in [2.75, 3.05) is 36.4 Å². The van der Waals surface area contributed by atoms with Crippen LogP contribution < -0.4 is 15.5 Å². The number of hydrogen-bond donors (Lipinski definition) is 2. The molecule has 3 aromatic rings. The highest BCUT2D eigenvalue weighted by molar-refractivity contribution is 6.04. The topological polar surface area (TPSA) is 77.6 Å². The van der Waals surface area contributed by atoms with Crippen LogP contribution in [0.3, 0.4) is 0 Å². The first-order valence-corrected chi connectivity index (χ1v) is 10.1. The molecule has 0 aliphatic carbocycles. The van der Waals surface area contributed by atoms with Gasteiger partial charge in [-0.3, -0.25) is 4.79 Å². The van der Waals surface area contributed by atoms with E-state index in [1.165, 1.54) is 0 Å². The summed E-state index contributed by atoms with van der Waals surface area (Å²) in [5, 5.41) is 7.77. The molecule has 1 atom stereocenters. The molecule has 154 valence electrons. The van der Waals surface area contributed by atoms with Crippen LogP contribution >= 0.6 is 0 Å². The van der Waals surface area contributed by atoms with Gasteiger partial charge in [0.1, 0.15) is 11.9 Å². The summed E-state index contributed by atoms with van der Waals surface area (Å²) in [7, 11) is 0. The molecule has 1 saturated heterocycles. The Hall–Kier alpha value is -3.61. The van der Waals surface area contributed by atoms with E-state index in [0.717, 1.165) is 22.3 Å². The lowest BCUT2D eigenvalue weighted by Gasteiger charge is -2.35. The van der Waals surface area contributed by atoms with E-state index in [2.05, 4.69) is 20.5 Å². The van der Waals surface area contributed by atoms with E-state index in [-0.39, 0.29) is 11.9 Å². The predicted octanol–water partition coefficient (Wildman–Crippen LogP) is 3.09. The molecule has 0 bridgehead atoms. The van der Waals surface area contributed by atoms with E-state index in [1.807, 2.05) is 60.7 Å². The lowest BCUT2D eigenvalue weighted by molar-refractivity contribution is -0.117. The molecule has 1 aliphatic rings. The summed E-state index contributed by atoms with van der Waals surface area (Å²) < 4.78 is 0. The van der Waals surface area contributed by atoms with Gasteiger partial charge in [-0.15, -0.1) is 0 Å². The summed E-state index contributed by atoms with van der Waals surface area (Å²) in [6, 6.07) is 18.6. The number of pyridine rings is 1. The Morgan fingerprint density at radius 2 is 1.67 bits per heavy atom. The molecule has 2 heterocycles. The van der Waals surface area contributed by atoms with Gasteiger partial charge in [0.2, 0.25) is 5.91 Å². The molecular weight excluding hydrogens is 378 g/mol. The van der Waals surface area contributed by atoms with Crippen LogP contribution in [0.1, 0.15) is 6.92 Å². The lowest BCUT2D eigenvalue weighted by atomic mass is 10.1. The number of carbonyl (C=O) groups excluding carboxylic acids is 2. The molecule has 4 rings (SSSR count). The van der Waals surface area contributed by atoms with Crippen LogP contribution in [0.15, 0.2) is 66.9 Å². The highest BCUT2D eigenvalue weighted by atomic mass is 16.2. The van der Waals surface area contributed by atoms with Crippen molar-refractivity contribution in [3.63, 3.8) is 0 Å². The highest BCUT2D eigenvalue weighted by Gasteiger charge is 2.24. The minimum Gasteiger partial charge on any atom is -0.353 e. The number of anilines is 2. The monoisotopic (exact) mass is 403 g/mol. The molecule has 3 amide bonds. The molecule has 1 unspecified atom stereocenters. The average molecular weight is 403 g/mol. The smallest absolute Gasteiger partial charge is 0.318 e. The Bertz CT molecular complexity index is 1030. The van der Waals surface area contributed by atoms with Crippen molar-refractivity contribution in [2.45, 2.75) is 13.0 Å². The van der Waals surface area contributed by atoms with Crippen molar-refractivity contribution >= 4 is 34.2 Å². The fourth-order valence-corrected chi connectivity index (χ4v) is 3.60. The van der Waals surface area contributed by atoms with Crippen molar-refractivity contribution < 1.29 is 9.59 Å². The van der Waals surface area contributed by atoms with E-state index in [1.54, 1.807) is 18.0 Å². The quantitative estimate of drug-likeness (QED) is 0.702. The van der Waals surface area contributed by atoms with Crippen LogP contribution in [-0.2, 0) is 4.79 Å². The molecule has 0 spiro atoms. The number of fused-ring (bicyclic) bond motifs is 1. The van der Waals surface area contributed by atoms with Crippen LogP contribution in [0.2, 0.25) is 0 Å². The summed E-state index contributed by atoms with van der Waals surface area (Å²) in [6.07, 6.45) is 1.77. The van der Waals surface area contributed by atoms with Crippen molar-refractivity contribution in [1.82, 2.24) is 15.2 Å². The predicted molar refractivity (Wildman–Crippen MR) is 119 cm³/mol. The van der Waals surface area contributed by atoms with Gasteiger partial charge in [-0.2, -0.15) is 0 Å². The maximum atomic E-state index is 12.7. The van der Waals surface area contributed by atoms with Gasteiger partial charge in [0.05, 0.1) is 0 Å². The van der Waals surface area contributed by atoms with Gasteiger partial charge in [-0.1, -0.05) is 42.5 Å². The van der Waals surface area contributed by atoms with E-state index in [0.29, 0.717) is 26.2 Å². The summed E-state index contributed by atoms with van der Waals surface area (Å²) >= 11 is 0. The van der Waals surface area contributed by atoms with Crippen LogP contribution in [0.25, 0.3) is 10.8 Å². The van der Waals surface area contributed by atoms with Crippen LogP contribution in [0.4, 0.5) is 16.3 Å². The number of piperazine rings is 1. The van der Waals surface area contributed by atoms with Crippen LogP contribution in [0, 0.1) is 0 Å². The summed E-state index contributed by atoms with van der Waals surface area (Å²) in [4.78, 5) is 33.5. The van der Waals surface area contributed by atoms with Gasteiger partial charge in [0.15, 0.2) is 0 Å². The zero-order valence-corrected chi connectivity index (χ0v) is 16.9. The maximum Gasteiger partial charge on any atom is 0.318 e. The second-order valence-corrected chi connectivity index (χ2v) is 7.35. The zero-order valence-electron chi connectivity index (χ0n) is 16.9. The Morgan fingerprint density at radius 1 is 0.933 bits per heavy atom. The second-order valence-electron chi connectivity index (χ2n) is 7.35. The minimum atomic E-state index is -0.648. The number of aromatic nitrogens is 1. The summed E-state index contributed by atoms with van der Waals surface area (Å²) in [5.74, 6) is 0.673. The molecular formula is C23H25N5O2. The SMILES string of the molecule is CC(NC(=O)N1CCN(c2ccccn2)CC1)C(=O)Nc1cccc2ccccc12. The number of nitrogens with zero attached hydrogens (tertiary/aromatic N) is 3. The number of amides is 3. The molecule has 0 radical (unpaired) electrons. The molecule has 2 N–H and O–H groups in total. The largest absolute Gasteiger partial charge is 0.353 e. The zero-order chi connectivity index (χ0) is 20.9. The molecule has 1 fully saturated rings. The third-order valence-corrected chi connectivity index (χ3v) is 5.32. The van der Waals surface area contributed by atoms with E-state index >= 15 is 0 Å². The highest BCUT2D eigenvalue weighted by Crippen LogP contribution is 2.23. The fourth-order valence-electron chi connectivity index (χ4n) is 3.60. The van der Waals surface area contributed by atoms with Crippen LogP contribution in [0.5, 0.6) is 0 Å².